The number of benzene rings is 2. The molecule has 30 heavy (non-hydrogen) atoms. The third kappa shape index (κ3) is 3.37. The molecule has 3 aromatic rings. The Morgan fingerprint density at radius 3 is 2.27 bits per heavy atom. The molecular formula is C23H22N2O3S2. The fraction of sp³-hybridized carbons (Fsp3) is 0.261. The summed E-state index contributed by atoms with van der Waals surface area (Å²) in [6.45, 7) is 1.45. The highest BCUT2D eigenvalue weighted by Gasteiger charge is 2.31. The van der Waals surface area contributed by atoms with Crippen LogP contribution in [-0.4, -0.2) is 49.7 Å². The maximum absolute atomic E-state index is 13.1. The lowest BCUT2D eigenvalue weighted by atomic mass is 9.91. The largest absolute Gasteiger partial charge is 0.335 e. The van der Waals surface area contributed by atoms with Crippen LogP contribution in [0.1, 0.15) is 20.8 Å². The Balaban J connectivity index is 1.31. The molecule has 0 unspecified atom stereocenters. The molecule has 0 spiro atoms. The molecule has 0 saturated carbocycles. The van der Waals surface area contributed by atoms with E-state index in [0.717, 1.165) is 17.7 Å². The van der Waals surface area contributed by atoms with Crippen LogP contribution in [0, 0.1) is 0 Å². The lowest BCUT2D eigenvalue weighted by Crippen LogP contribution is -2.50. The summed E-state index contributed by atoms with van der Waals surface area (Å²) >= 11 is 1.56. The van der Waals surface area contributed by atoms with Gasteiger partial charge >= 0.3 is 0 Å². The van der Waals surface area contributed by atoms with E-state index in [0.29, 0.717) is 31.1 Å². The molecule has 1 aromatic heterocycles. The Bertz CT molecular complexity index is 1190. The number of rotatable bonds is 3. The summed E-state index contributed by atoms with van der Waals surface area (Å²) in [6.07, 6.45) is 1.96. The van der Waals surface area contributed by atoms with Gasteiger partial charge in [-0.2, -0.15) is 4.31 Å². The summed E-state index contributed by atoms with van der Waals surface area (Å²) in [5, 5.41) is 0. The second kappa shape index (κ2) is 7.65. The second-order valence-electron chi connectivity index (χ2n) is 7.63. The summed E-state index contributed by atoms with van der Waals surface area (Å²) in [6, 6.07) is 18.9. The van der Waals surface area contributed by atoms with E-state index >= 15 is 0 Å². The molecule has 5 nitrogen and oxygen atoms in total. The third-order valence-electron chi connectivity index (χ3n) is 5.85. The zero-order chi connectivity index (χ0) is 20.7. The topological polar surface area (TPSA) is 57.7 Å². The Labute approximate surface area is 180 Å². The highest BCUT2D eigenvalue weighted by Crippen LogP contribution is 2.39. The molecule has 0 N–H and O–H groups in total. The normalized spacial score (nSPS) is 16.7. The molecule has 1 amide bonds. The smallest absolute Gasteiger partial charge is 0.264 e. The second-order valence-corrected chi connectivity index (χ2v) is 10.6. The predicted octanol–water partition coefficient (Wildman–Crippen LogP) is 3.66. The van der Waals surface area contributed by atoms with Gasteiger partial charge in [-0.25, -0.2) is 8.42 Å². The van der Waals surface area contributed by atoms with Crippen molar-refractivity contribution in [2.75, 3.05) is 26.2 Å². The highest BCUT2D eigenvalue weighted by atomic mass is 32.2. The first-order chi connectivity index (χ1) is 14.5. The van der Waals surface area contributed by atoms with Crippen molar-refractivity contribution in [3.8, 4) is 10.4 Å². The molecule has 2 aliphatic rings. The first-order valence-corrected chi connectivity index (χ1v) is 12.3. The molecule has 0 bridgehead atoms. The summed E-state index contributed by atoms with van der Waals surface area (Å²) in [5.74, 6) is 0.00337. The standard InChI is InChI=1S/C23H22N2O3S2/c26-23(21-16-18-11-10-17-6-4-5-9-20(17)22(18)29-21)24-12-14-25(15-13-24)30(27,28)19-7-2-1-3-8-19/h1-9,16H,10-15H2. The molecule has 1 fully saturated rings. The molecule has 1 saturated heterocycles. The van der Waals surface area contributed by atoms with Crippen molar-refractivity contribution < 1.29 is 13.2 Å². The number of piperazine rings is 1. The van der Waals surface area contributed by atoms with Crippen LogP contribution in [0.5, 0.6) is 0 Å². The van der Waals surface area contributed by atoms with Crippen LogP contribution < -0.4 is 0 Å². The minimum absolute atomic E-state index is 0.00337. The van der Waals surface area contributed by atoms with Gasteiger partial charge < -0.3 is 4.90 Å². The average molecular weight is 439 g/mol. The zero-order valence-electron chi connectivity index (χ0n) is 16.5. The number of carbonyl (C=O) groups is 1. The van der Waals surface area contributed by atoms with Crippen LogP contribution in [0.4, 0.5) is 0 Å². The molecule has 7 heteroatoms. The number of aryl methyl sites for hydroxylation is 2. The van der Waals surface area contributed by atoms with Crippen LogP contribution in [0.2, 0.25) is 0 Å². The Hall–Kier alpha value is -2.48. The van der Waals surface area contributed by atoms with E-state index in [-0.39, 0.29) is 5.91 Å². The van der Waals surface area contributed by atoms with E-state index in [4.69, 9.17) is 0 Å². The van der Waals surface area contributed by atoms with Gasteiger partial charge in [0, 0.05) is 31.1 Å². The number of carbonyl (C=O) groups excluding carboxylic acids is 1. The predicted molar refractivity (Wildman–Crippen MR) is 118 cm³/mol. The number of fused-ring (bicyclic) bond motifs is 3. The SMILES string of the molecule is O=C(c1cc2c(s1)-c1ccccc1CC2)N1CCN(S(=O)(=O)c2ccccc2)CC1. The molecule has 2 aromatic carbocycles. The monoisotopic (exact) mass is 438 g/mol. The van der Waals surface area contributed by atoms with Crippen LogP contribution in [0.15, 0.2) is 65.6 Å². The maximum atomic E-state index is 13.1. The lowest BCUT2D eigenvalue weighted by molar-refractivity contribution is 0.0702. The van der Waals surface area contributed by atoms with Crippen LogP contribution in [0.25, 0.3) is 10.4 Å². The molecular weight excluding hydrogens is 416 g/mol. The Morgan fingerprint density at radius 2 is 1.50 bits per heavy atom. The van der Waals surface area contributed by atoms with Crippen LogP contribution in [-0.2, 0) is 22.9 Å². The molecule has 1 aliphatic carbocycles. The molecule has 154 valence electrons. The van der Waals surface area contributed by atoms with Gasteiger partial charge in [-0.3, -0.25) is 4.79 Å². The van der Waals surface area contributed by atoms with Crippen molar-refractivity contribution in [2.24, 2.45) is 0 Å². The number of sulfonamides is 1. The lowest BCUT2D eigenvalue weighted by Gasteiger charge is -2.33. The van der Waals surface area contributed by atoms with E-state index in [1.54, 1.807) is 46.6 Å². The summed E-state index contributed by atoms with van der Waals surface area (Å²) in [4.78, 5) is 17.1. The van der Waals surface area contributed by atoms with Crippen molar-refractivity contribution in [1.29, 1.82) is 0 Å². The molecule has 0 atom stereocenters. The van der Waals surface area contributed by atoms with Gasteiger partial charge in [0.25, 0.3) is 5.91 Å². The first kappa shape index (κ1) is 19.5. The van der Waals surface area contributed by atoms with Crippen molar-refractivity contribution in [1.82, 2.24) is 9.21 Å². The van der Waals surface area contributed by atoms with E-state index < -0.39 is 10.0 Å². The van der Waals surface area contributed by atoms with E-state index in [2.05, 4.69) is 18.2 Å². The van der Waals surface area contributed by atoms with Crippen molar-refractivity contribution >= 4 is 27.3 Å². The van der Waals surface area contributed by atoms with E-state index in [1.165, 1.54) is 25.9 Å². The van der Waals surface area contributed by atoms with Gasteiger partial charge in [0.15, 0.2) is 0 Å². The number of hydrogen-bond acceptors (Lipinski definition) is 4. The van der Waals surface area contributed by atoms with E-state index in [1.807, 2.05) is 12.1 Å². The fourth-order valence-corrected chi connectivity index (χ4v) is 6.89. The van der Waals surface area contributed by atoms with Crippen LogP contribution in [0.3, 0.4) is 0 Å². The van der Waals surface area contributed by atoms with E-state index in [9.17, 15) is 13.2 Å². The molecule has 2 heterocycles. The number of hydrogen-bond donors (Lipinski definition) is 0. The zero-order valence-corrected chi connectivity index (χ0v) is 18.1. The maximum Gasteiger partial charge on any atom is 0.264 e. The summed E-state index contributed by atoms with van der Waals surface area (Å²) < 4.78 is 27.1. The Morgan fingerprint density at radius 1 is 0.833 bits per heavy atom. The number of thiophene rings is 1. The summed E-state index contributed by atoms with van der Waals surface area (Å²) in [5.41, 5.74) is 3.82. The van der Waals surface area contributed by atoms with Gasteiger partial charge in [-0.15, -0.1) is 11.3 Å². The van der Waals surface area contributed by atoms with Gasteiger partial charge in [0.1, 0.15) is 0 Å². The summed E-state index contributed by atoms with van der Waals surface area (Å²) in [7, 11) is -3.51. The average Bonchev–Trinajstić information content (AvgIpc) is 3.24. The minimum Gasteiger partial charge on any atom is -0.335 e. The van der Waals surface area contributed by atoms with Crippen molar-refractivity contribution in [3.05, 3.63) is 76.7 Å². The highest BCUT2D eigenvalue weighted by molar-refractivity contribution is 7.89. The first-order valence-electron chi connectivity index (χ1n) is 10.1. The molecule has 5 rings (SSSR count). The van der Waals surface area contributed by atoms with Crippen molar-refractivity contribution in [2.45, 2.75) is 17.7 Å². The van der Waals surface area contributed by atoms with Gasteiger partial charge in [0.2, 0.25) is 10.0 Å². The fourth-order valence-electron chi connectivity index (χ4n) is 4.21. The third-order valence-corrected chi connectivity index (χ3v) is 8.96. The van der Waals surface area contributed by atoms with Crippen LogP contribution >= 0.6 is 11.3 Å². The minimum atomic E-state index is -3.51. The Kier molecular flexibility index (Phi) is 4.97. The molecule has 0 radical (unpaired) electrons. The quantitative estimate of drug-likeness (QED) is 0.627. The molecule has 1 aliphatic heterocycles. The number of nitrogens with zero attached hydrogens (tertiary/aromatic N) is 2. The van der Waals surface area contributed by atoms with Gasteiger partial charge in [-0.1, -0.05) is 42.5 Å². The number of amides is 1. The van der Waals surface area contributed by atoms with Crippen molar-refractivity contribution in [3.63, 3.8) is 0 Å². The van der Waals surface area contributed by atoms with Gasteiger partial charge in [-0.05, 0) is 47.7 Å². The van der Waals surface area contributed by atoms with Gasteiger partial charge in [0.05, 0.1) is 9.77 Å².